The van der Waals surface area contributed by atoms with Crippen molar-refractivity contribution in [3.63, 3.8) is 0 Å². The SMILES string of the molecule is CC[C@H](NC(=O)c1c(OCCCN(C)C)c(-c2ccccc2)nc2ccccc12)c1ccccc1.Cl. The van der Waals surface area contributed by atoms with Gasteiger partial charge in [0.15, 0.2) is 5.75 Å². The first-order chi connectivity index (χ1) is 17.1. The predicted octanol–water partition coefficient (Wildman–Crippen LogP) is 6.54. The van der Waals surface area contributed by atoms with Crippen molar-refractivity contribution in [3.05, 3.63) is 96.1 Å². The molecular formula is C30H34ClN3O2. The van der Waals surface area contributed by atoms with Crippen molar-refractivity contribution in [3.8, 4) is 17.0 Å². The minimum absolute atomic E-state index is 0. The number of aromatic nitrogens is 1. The number of benzene rings is 3. The summed E-state index contributed by atoms with van der Waals surface area (Å²) in [6.07, 6.45) is 1.63. The number of rotatable bonds is 10. The first kappa shape index (κ1) is 27.2. The Kier molecular flexibility index (Phi) is 9.86. The molecule has 36 heavy (non-hydrogen) atoms. The molecular weight excluding hydrogens is 470 g/mol. The second-order valence-electron chi connectivity index (χ2n) is 8.90. The van der Waals surface area contributed by atoms with Crippen molar-refractivity contribution in [2.24, 2.45) is 0 Å². The van der Waals surface area contributed by atoms with E-state index in [1.807, 2.05) is 99.0 Å². The standard InChI is InChI=1S/C30H33N3O2.ClH/c1-4-25(22-14-7-5-8-15-22)32-30(34)27-24-18-11-12-19-26(24)31-28(23-16-9-6-10-17-23)29(27)35-21-13-20-33(2)3;/h5-12,14-19,25H,4,13,20-21H2,1-3H3,(H,32,34);1H/t25-;/m0./s1. The van der Waals surface area contributed by atoms with Gasteiger partial charge in [-0.1, -0.05) is 85.8 Å². The van der Waals surface area contributed by atoms with Crippen LogP contribution in [0.1, 0.15) is 41.7 Å². The topological polar surface area (TPSA) is 54.5 Å². The maximum absolute atomic E-state index is 13.9. The number of nitrogens with zero attached hydrogens (tertiary/aromatic N) is 2. The summed E-state index contributed by atoms with van der Waals surface area (Å²) in [5.74, 6) is 0.383. The number of hydrogen-bond acceptors (Lipinski definition) is 4. The Labute approximate surface area is 219 Å². The molecule has 1 aromatic heterocycles. The first-order valence-corrected chi connectivity index (χ1v) is 12.2. The lowest BCUT2D eigenvalue weighted by Crippen LogP contribution is -2.29. The fraction of sp³-hybridized carbons (Fsp3) is 0.267. The average Bonchev–Trinajstić information content (AvgIpc) is 2.89. The largest absolute Gasteiger partial charge is 0.490 e. The van der Waals surface area contributed by atoms with Gasteiger partial charge < -0.3 is 15.0 Å². The van der Waals surface area contributed by atoms with E-state index in [0.29, 0.717) is 23.6 Å². The molecule has 0 radical (unpaired) electrons. The lowest BCUT2D eigenvalue weighted by molar-refractivity contribution is 0.0933. The fourth-order valence-electron chi connectivity index (χ4n) is 4.24. The zero-order chi connectivity index (χ0) is 24.6. The quantitative estimate of drug-likeness (QED) is 0.250. The molecule has 1 heterocycles. The van der Waals surface area contributed by atoms with Crippen LogP contribution in [0.4, 0.5) is 0 Å². The Morgan fingerprint density at radius 1 is 0.944 bits per heavy atom. The van der Waals surface area contributed by atoms with E-state index in [1.54, 1.807) is 0 Å². The average molecular weight is 504 g/mol. The second kappa shape index (κ2) is 13.1. The number of hydrogen-bond donors (Lipinski definition) is 1. The summed E-state index contributed by atoms with van der Waals surface area (Å²) >= 11 is 0. The molecule has 0 bridgehead atoms. The Balaban J connectivity index is 0.00000361. The number of para-hydroxylation sites is 1. The molecule has 4 aromatic rings. The summed E-state index contributed by atoms with van der Waals surface area (Å²) in [6.45, 7) is 3.47. The van der Waals surface area contributed by atoms with E-state index < -0.39 is 0 Å². The molecule has 1 atom stereocenters. The van der Waals surface area contributed by atoms with Gasteiger partial charge in [0, 0.05) is 17.5 Å². The molecule has 0 aliphatic rings. The van der Waals surface area contributed by atoms with E-state index in [9.17, 15) is 4.79 Å². The molecule has 1 amide bonds. The number of carbonyl (C=O) groups excluding carboxylic acids is 1. The Morgan fingerprint density at radius 3 is 2.25 bits per heavy atom. The Hall–Kier alpha value is -3.41. The van der Waals surface area contributed by atoms with Gasteiger partial charge in [-0.15, -0.1) is 12.4 Å². The predicted molar refractivity (Wildman–Crippen MR) is 150 cm³/mol. The smallest absolute Gasteiger partial charge is 0.256 e. The second-order valence-corrected chi connectivity index (χ2v) is 8.90. The highest BCUT2D eigenvalue weighted by atomic mass is 35.5. The van der Waals surface area contributed by atoms with Gasteiger partial charge in [-0.25, -0.2) is 4.98 Å². The number of halogens is 1. The van der Waals surface area contributed by atoms with Gasteiger partial charge in [-0.3, -0.25) is 4.79 Å². The third-order valence-corrected chi connectivity index (χ3v) is 6.03. The fourth-order valence-corrected chi connectivity index (χ4v) is 4.24. The van der Waals surface area contributed by atoms with Gasteiger partial charge in [-0.05, 0) is 38.6 Å². The van der Waals surface area contributed by atoms with Gasteiger partial charge >= 0.3 is 0 Å². The van der Waals surface area contributed by atoms with Crippen molar-refractivity contribution in [1.82, 2.24) is 15.2 Å². The molecule has 0 saturated heterocycles. The molecule has 188 valence electrons. The van der Waals surface area contributed by atoms with Crippen molar-refractivity contribution in [2.75, 3.05) is 27.2 Å². The molecule has 6 heteroatoms. The molecule has 5 nitrogen and oxygen atoms in total. The van der Waals surface area contributed by atoms with E-state index in [2.05, 4.69) is 17.1 Å². The summed E-state index contributed by atoms with van der Waals surface area (Å²) in [5.41, 5.74) is 3.99. The van der Waals surface area contributed by atoms with Gasteiger partial charge in [0.25, 0.3) is 5.91 Å². The molecule has 3 aromatic carbocycles. The highest BCUT2D eigenvalue weighted by Gasteiger charge is 2.25. The van der Waals surface area contributed by atoms with E-state index in [-0.39, 0.29) is 24.4 Å². The molecule has 0 aliphatic carbocycles. The van der Waals surface area contributed by atoms with Gasteiger partial charge in [0.05, 0.1) is 23.7 Å². The van der Waals surface area contributed by atoms with Crippen LogP contribution in [0.25, 0.3) is 22.2 Å². The normalized spacial score (nSPS) is 11.7. The van der Waals surface area contributed by atoms with Crippen LogP contribution in [0.5, 0.6) is 5.75 Å². The molecule has 0 aliphatic heterocycles. The minimum Gasteiger partial charge on any atom is -0.490 e. The number of ether oxygens (including phenoxy) is 1. The lowest BCUT2D eigenvalue weighted by Gasteiger charge is -2.21. The zero-order valence-corrected chi connectivity index (χ0v) is 21.9. The number of carbonyl (C=O) groups is 1. The Morgan fingerprint density at radius 2 is 1.58 bits per heavy atom. The third-order valence-electron chi connectivity index (χ3n) is 6.03. The van der Waals surface area contributed by atoms with Gasteiger partial charge in [0.2, 0.25) is 0 Å². The summed E-state index contributed by atoms with van der Waals surface area (Å²) in [7, 11) is 4.08. The summed E-state index contributed by atoms with van der Waals surface area (Å²) < 4.78 is 6.37. The highest BCUT2D eigenvalue weighted by molar-refractivity contribution is 6.10. The molecule has 1 N–H and O–H groups in total. The number of nitrogens with one attached hydrogen (secondary N) is 1. The van der Waals surface area contributed by atoms with Crippen molar-refractivity contribution < 1.29 is 9.53 Å². The van der Waals surface area contributed by atoms with E-state index in [0.717, 1.165) is 41.4 Å². The van der Waals surface area contributed by atoms with Crippen molar-refractivity contribution >= 4 is 29.2 Å². The van der Waals surface area contributed by atoms with Crippen molar-refractivity contribution in [2.45, 2.75) is 25.8 Å². The van der Waals surface area contributed by atoms with Crippen LogP contribution in [-0.4, -0.2) is 43.0 Å². The monoisotopic (exact) mass is 503 g/mol. The molecule has 0 fully saturated rings. The summed E-state index contributed by atoms with van der Waals surface area (Å²) in [4.78, 5) is 21.0. The highest BCUT2D eigenvalue weighted by Crippen LogP contribution is 2.37. The van der Waals surface area contributed by atoms with Crippen LogP contribution in [0, 0.1) is 0 Å². The van der Waals surface area contributed by atoms with E-state index >= 15 is 0 Å². The first-order valence-electron chi connectivity index (χ1n) is 12.2. The van der Waals surface area contributed by atoms with E-state index in [4.69, 9.17) is 9.72 Å². The van der Waals surface area contributed by atoms with Crippen LogP contribution < -0.4 is 10.1 Å². The number of pyridine rings is 1. The van der Waals surface area contributed by atoms with Crippen molar-refractivity contribution in [1.29, 1.82) is 0 Å². The lowest BCUT2D eigenvalue weighted by atomic mass is 10.00. The zero-order valence-electron chi connectivity index (χ0n) is 21.1. The van der Waals surface area contributed by atoms with Gasteiger partial charge in [-0.2, -0.15) is 0 Å². The number of amides is 1. The summed E-state index contributed by atoms with van der Waals surface area (Å²) in [6, 6.07) is 27.7. The van der Waals surface area contributed by atoms with Crippen LogP contribution in [0.2, 0.25) is 0 Å². The van der Waals surface area contributed by atoms with Crippen LogP contribution in [-0.2, 0) is 0 Å². The maximum atomic E-state index is 13.9. The Bertz CT molecular complexity index is 1260. The van der Waals surface area contributed by atoms with Crippen LogP contribution in [0.15, 0.2) is 84.9 Å². The number of fused-ring (bicyclic) bond motifs is 1. The molecule has 0 spiro atoms. The minimum atomic E-state index is -0.154. The molecule has 0 saturated carbocycles. The molecule has 0 unspecified atom stereocenters. The summed E-state index contributed by atoms with van der Waals surface area (Å²) in [5, 5.41) is 4.05. The van der Waals surface area contributed by atoms with Crippen LogP contribution >= 0.6 is 12.4 Å². The van der Waals surface area contributed by atoms with E-state index in [1.165, 1.54) is 0 Å². The van der Waals surface area contributed by atoms with Gasteiger partial charge in [0.1, 0.15) is 5.69 Å². The molecule has 4 rings (SSSR count). The third kappa shape index (κ3) is 6.42. The maximum Gasteiger partial charge on any atom is 0.256 e. The van der Waals surface area contributed by atoms with Crippen LogP contribution in [0.3, 0.4) is 0 Å².